The Morgan fingerprint density at radius 1 is 1.14 bits per heavy atom. The van der Waals surface area contributed by atoms with Gasteiger partial charge in [0, 0.05) is 29.6 Å². The summed E-state index contributed by atoms with van der Waals surface area (Å²) in [6.45, 7) is 2.09. The minimum atomic E-state index is 0.562. The van der Waals surface area contributed by atoms with E-state index < -0.39 is 0 Å². The summed E-state index contributed by atoms with van der Waals surface area (Å²) in [5.41, 5.74) is 5.56. The van der Waals surface area contributed by atoms with Gasteiger partial charge in [-0.25, -0.2) is 4.98 Å². The van der Waals surface area contributed by atoms with E-state index in [1.807, 2.05) is 18.2 Å². The number of para-hydroxylation sites is 1. The van der Waals surface area contributed by atoms with Crippen LogP contribution in [0.15, 0.2) is 48.8 Å². The molecule has 3 heteroatoms. The van der Waals surface area contributed by atoms with Gasteiger partial charge in [-0.05, 0) is 42.7 Å². The van der Waals surface area contributed by atoms with Gasteiger partial charge in [0.2, 0.25) is 0 Å². The summed E-state index contributed by atoms with van der Waals surface area (Å²) in [6.07, 6.45) is 6.58. The van der Waals surface area contributed by atoms with Crippen molar-refractivity contribution in [2.45, 2.75) is 19.8 Å². The van der Waals surface area contributed by atoms with Gasteiger partial charge in [-0.1, -0.05) is 18.2 Å². The molecule has 0 fully saturated rings. The summed E-state index contributed by atoms with van der Waals surface area (Å²) < 4.78 is 2.14. The van der Waals surface area contributed by atoms with Crippen molar-refractivity contribution in [1.82, 2.24) is 9.38 Å². The highest BCUT2D eigenvalue weighted by molar-refractivity contribution is 6.00. The van der Waals surface area contributed by atoms with Crippen LogP contribution in [0.1, 0.15) is 17.5 Å². The van der Waals surface area contributed by atoms with Crippen molar-refractivity contribution in [2.75, 3.05) is 0 Å². The summed E-state index contributed by atoms with van der Waals surface area (Å²) in [4.78, 5) is 15.5. The first-order chi connectivity index (χ1) is 10.8. The number of pyridine rings is 2. The summed E-state index contributed by atoms with van der Waals surface area (Å²) in [5.74, 6) is 0. The standard InChI is InChI=1S/C19H16N2O/c1-13-11-21-12-16-9-15-5-2-3-7-17(15)20-19(16)18(21)10-14(13)6-4-8-22/h2-3,5,7-12H,4,6H2,1H3. The van der Waals surface area contributed by atoms with Crippen LogP contribution in [0.25, 0.3) is 27.3 Å². The molecule has 3 heterocycles. The van der Waals surface area contributed by atoms with E-state index in [-0.39, 0.29) is 0 Å². The number of benzene rings is 1. The van der Waals surface area contributed by atoms with Gasteiger partial charge in [0.05, 0.1) is 16.6 Å². The van der Waals surface area contributed by atoms with Gasteiger partial charge in [-0.3, -0.25) is 0 Å². The highest BCUT2D eigenvalue weighted by Crippen LogP contribution is 2.26. The fraction of sp³-hybridized carbons (Fsp3) is 0.158. The normalized spacial score (nSPS) is 11.5. The molecule has 0 bridgehead atoms. The number of hydrogen-bond donors (Lipinski definition) is 0. The number of rotatable bonds is 3. The Morgan fingerprint density at radius 2 is 2.00 bits per heavy atom. The molecule has 22 heavy (non-hydrogen) atoms. The van der Waals surface area contributed by atoms with Crippen LogP contribution in [-0.2, 0) is 11.2 Å². The number of carbonyl (C=O) groups is 1. The molecule has 4 aromatic rings. The molecule has 0 unspecified atom stereocenters. The topological polar surface area (TPSA) is 34.4 Å². The summed E-state index contributed by atoms with van der Waals surface area (Å²) >= 11 is 0. The second-order valence-corrected chi connectivity index (χ2v) is 5.73. The van der Waals surface area contributed by atoms with Crippen molar-refractivity contribution >= 4 is 33.6 Å². The maximum Gasteiger partial charge on any atom is 0.120 e. The second kappa shape index (κ2) is 4.95. The Balaban J connectivity index is 2.02. The van der Waals surface area contributed by atoms with E-state index in [9.17, 15) is 4.79 Å². The van der Waals surface area contributed by atoms with Crippen molar-refractivity contribution in [3.63, 3.8) is 0 Å². The van der Waals surface area contributed by atoms with Gasteiger partial charge in [0.1, 0.15) is 6.29 Å². The van der Waals surface area contributed by atoms with Crippen molar-refractivity contribution in [2.24, 2.45) is 0 Å². The zero-order valence-corrected chi connectivity index (χ0v) is 12.4. The van der Waals surface area contributed by atoms with Crippen LogP contribution in [0.2, 0.25) is 0 Å². The van der Waals surface area contributed by atoms with Crippen LogP contribution in [0.4, 0.5) is 0 Å². The van der Waals surface area contributed by atoms with Crippen LogP contribution in [0, 0.1) is 6.92 Å². The number of aldehydes is 1. The van der Waals surface area contributed by atoms with Crippen LogP contribution in [-0.4, -0.2) is 15.7 Å². The molecule has 0 spiro atoms. The van der Waals surface area contributed by atoms with Gasteiger partial charge in [-0.15, -0.1) is 0 Å². The first-order valence-corrected chi connectivity index (χ1v) is 7.49. The lowest BCUT2D eigenvalue weighted by atomic mass is 10.1. The molecule has 0 amide bonds. The molecule has 0 radical (unpaired) electrons. The first kappa shape index (κ1) is 13.0. The molecule has 1 aromatic carbocycles. The molecule has 3 nitrogen and oxygen atoms in total. The molecule has 3 aromatic heterocycles. The smallest absolute Gasteiger partial charge is 0.120 e. The average Bonchev–Trinajstić information content (AvgIpc) is 2.86. The molecule has 0 atom stereocenters. The van der Waals surface area contributed by atoms with E-state index in [1.165, 1.54) is 11.1 Å². The average molecular weight is 288 g/mol. The molecule has 108 valence electrons. The van der Waals surface area contributed by atoms with Crippen LogP contribution in [0.5, 0.6) is 0 Å². The highest BCUT2D eigenvalue weighted by Gasteiger charge is 2.09. The number of fused-ring (bicyclic) bond motifs is 4. The molecule has 0 N–H and O–H groups in total. The summed E-state index contributed by atoms with van der Waals surface area (Å²) in [5, 5.41) is 2.30. The van der Waals surface area contributed by atoms with E-state index in [0.29, 0.717) is 6.42 Å². The van der Waals surface area contributed by atoms with Crippen LogP contribution < -0.4 is 0 Å². The van der Waals surface area contributed by atoms with Crippen molar-refractivity contribution in [1.29, 1.82) is 0 Å². The van der Waals surface area contributed by atoms with Gasteiger partial charge in [0.25, 0.3) is 0 Å². The minimum absolute atomic E-state index is 0.562. The predicted molar refractivity (Wildman–Crippen MR) is 89.3 cm³/mol. The zero-order chi connectivity index (χ0) is 15.1. The number of aryl methyl sites for hydroxylation is 2. The molecular weight excluding hydrogens is 272 g/mol. The van der Waals surface area contributed by atoms with Gasteiger partial charge < -0.3 is 9.20 Å². The monoisotopic (exact) mass is 288 g/mol. The number of aromatic nitrogens is 2. The molecule has 4 rings (SSSR count). The van der Waals surface area contributed by atoms with E-state index in [1.54, 1.807) is 0 Å². The maximum atomic E-state index is 10.6. The Kier molecular flexibility index (Phi) is 2.93. The fourth-order valence-corrected chi connectivity index (χ4v) is 3.08. The zero-order valence-electron chi connectivity index (χ0n) is 12.4. The molecule has 0 aliphatic carbocycles. The van der Waals surface area contributed by atoms with Crippen LogP contribution in [0.3, 0.4) is 0 Å². The number of carbonyl (C=O) groups excluding carboxylic acids is 1. The molecular formula is C19H16N2O. The minimum Gasteiger partial charge on any atom is -0.321 e. The molecule has 0 saturated heterocycles. The van der Waals surface area contributed by atoms with Crippen molar-refractivity contribution in [3.8, 4) is 0 Å². The van der Waals surface area contributed by atoms with E-state index in [4.69, 9.17) is 4.98 Å². The lowest BCUT2D eigenvalue weighted by molar-refractivity contribution is -0.107. The second-order valence-electron chi connectivity index (χ2n) is 5.73. The van der Waals surface area contributed by atoms with Gasteiger partial charge >= 0.3 is 0 Å². The van der Waals surface area contributed by atoms with Gasteiger partial charge in [-0.2, -0.15) is 0 Å². The van der Waals surface area contributed by atoms with Gasteiger partial charge in [0.15, 0.2) is 0 Å². The lowest BCUT2D eigenvalue weighted by Crippen LogP contribution is -1.94. The molecule has 0 saturated carbocycles. The quantitative estimate of drug-likeness (QED) is 0.532. The first-order valence-electron chi connectivity index (χ1n) is 7.49. The van der Waals surface area contributed by atoms with E-state index in [2.05, 4.69) is 41.9 Å². The fourth-order valence-electron chi connectivity index (χ4n) is 3.08. The third-order valence-corrected chi connectivity index (χ3v) is 4.23. The maximum absolute atomic E-state index is 10.6. The van der Waals surface area contributed by atoms with Crippen molar-refractivity contribution < 1.29 is 4.79 Å². The third kappa shape index (κ3) is 1.98. The number of hydrogen-bond acceptors (Lipinski definition) is 2. The van der Waals surface area contributed by atoms with E-state index in [0.717, 1.165) is 40.0 Å². The predicted octanol–water partition coefficient (Wildman–Crippen LogP) is 4.08. The summed E-state index contributed by atoms with van der Waals surface area (Å²) in [7, 11) is 0. The Morgan fingerprint density at radius 3 is 2.86 bits per heavy atom. The lowest BCUT2D eigenvalue weighted by Gasteiger charge is -2.06. The SMILES string of the molecule is Cc1cn2cc3cc4ccccc4nc3c2cc1CCC=O. The van der Waals surface area contributed by atoms with Crippen molar-refractivity contribution in [3.05, 3.63) is 59.9 Å². The van der Waals surface area contributed by atoms with E-state index >= 15 is 0 Å². The number of nitrogens with zero attached hydrogens (tertiary/aromatic N) is 2. The van der Waals surface area contributed by atoms with Crippen LogP contribution >= 0.6 is 0 Å². The molecule has 0 aliphatic heterocycles. The Labute approximate surface area is 128 Å². The Hall–Kier alpha value is -2.68. The third-order valence-electron chi connectivity index (χ3n) is 4.23. The molecule has 0 aliphatic rings. The Bertz CT molecular complexity index is 1010. The highest BCUT2D eigenvalue weighted by atomic mass is 16.1. The largest absolute Gasteiger partial charge is 0.321 e. The summed E-state index contributed by atoms with van der Waals surface area (Å²) in [6, 6.07) is 12.5.